The number of nitrogens with zero attached hydrogens (tertiary/aromatic N) is 4. The molecule has 0 aliphatic carbocycles. The molecule has 0 bridgehead atoms. The summed E-state index contributed by atoms with van der Waals surface area (Å²) in [6.07, 6.45) is -5.18. The second kappa shape index (κ2) is 6.10. The van der Waals surface area contributed by atoms with Crippen molar-refractivity contribution in [1.82, 2.24) is 25.1 Å². The number of hydroxylamine groups is 2. The molecule has 7 nitrogen and oxygen atoms in total. The van der Waals surface area contributed by atoms with Gasteiger partial charge in [-0.2, -0.15) is 13.2 Å². The third kappa shape index (κ3) is 3.49. The number of quaternary nitrogens is 1. The van der Waals surface area contributed by atoms with Gasteiger partial charge in [-0.1, -0.05) is 5.10 Å². The number of nitrogens with one attached hydrogen (secondary N) is 1. The van der Waals surface area contributed by atoms with E-state index in [9.17, 15) is 18.4 Å². The smallest absolute Gasteiger partial charge is 0.445 e. The molecule has 1 aromatic heterocycles. The SMILES string of the molecule is COCCNC1CN(C)C[N+]1([O-])c1nnc(C(F)(F)F)s1. The summed E-state index contributed by atoms with van der Waals surface area (Å²) in [5.74, 6) is 0. The van der Waals surface area contributed by atoms with Crippen LogP contribution in [0.2, 0.25) is 0 Å². The number of hydrogen-bond donors (Lipinski definition) is 1. The van der Waals surface area contributed by atoms with Gasteiger partial charge in [0, 0.05) is 13.7 Å². The van der Waals surface area contributed by atoms with Gasteiger partial charge in [0.25, 0.3) is 0 Å². The molecular formula is C10H16F3N5O2S. The molecule has 1 fully saturated rings. The van der Waals surface area contributed by atoms with E-state index < -0.39 is 22.0 Å². The molecule has 11 heteroatoms. The highest BCUT2D eigenvalue weighted by Gasteiger charge is 2.45. The van der Waals surface area contributed by atoms with Gasteiger partial charge >= 0.3 is 11.3 Å². The van der Waals surface area contributed by atoms with E-state index in [0.717, 1.165) is 0 Å². The summed E-state index contributed by atoms with van der Waals surface area (Å²) >= 11 is 0.296. The lowest BCUT2D eigenvalue weighted by atomic mass is 10.4. The van der Waals surface area contributed by atoms with Crippen molar-refractivity contribution in [2.75, 3.05) is 40.5 Å². The Morgan fingerprint density at radius 1 is 1.52 bits per heavy atom. The summed E-state index contributed by atoms with van der Waals surface area (Å²) in [5, 5.41) is 21.2. The second-order valence-corrected chi connectivity index (χ2v) is 5.78. The maximum Gasteiger partial charge on any atom is 0.445 e. The zero-order valence-corrected chi connectivity index (χ0v) is 12.4. The van der Waals surface area contributed by atoms with Crippen LogP contribution in [0.5, 0.6) is 0 Å². The van der Waals surface area contributed by atoms with Crippen LogP contribution in [0.15, 0.2) is 0 Å². The van der Waals surface area contributed by atoms with Crippen LogP contribution in [0.4, 0.5) is 18.3 Å². The molecule has 0 aromatic carbocycles. The van der Waals surface area contributed by atoms with Crippen LogP contribution in [0.3, 0.4) is 0 Å². The number of methoxy groups -OCH3 is 1. The van der Waals surface area contributed by atoms with E-state index in [1.54, 1.807) is 11.9 Å². The van der Waals surface area contributed by atoms with E-state index in [0.29, 0.717) is 31.0 Å². The molecule has 0 radical (unpaired) electrons. The monoisotopic (exact) mass is 327 g/mol. The minimum atomic E-state index is -4.58. The summed E-state index contributed by atoms with van der Waals surface area (Å²) in [4.78, 5) is 1.74. The fraction of sp³-hybridized carbons (Fsp3) is 0.800. The zero-order valence-electron chi connectivity index (χ0n) is 11.6. The van der Waals surface area contributed by atoms with E-state index in [2.05, 4.69) is 15.5 Å². The van der Waals surface area contributed by atoms with Gasteiger partial charge in [-0.05, 0) is 18.4 Å². The molecule has 0 saturated carbocycles. The zero-order chi connectivity index (χ0) is 15.7. The Morgan fingerprint density at radius 2 is 2.24 bits per heavy atom. The molecule has 1 aliphatic rings. The highest BCUT2D eigenvalue weighted by atomic mass is 32.1. The van der Waals surface area contributed by atoms with Crippen molar-refractivity contribution >= 4 is 16.5 Å². The predicted molar refractivity (Wildman–Crippen MR) is 71.2 cm³/mol. The van der Waals surface area contributed by atoms with Gasteiger partial charge in [-0.15, -0.1) is 5.10 Å². The van der Waals surface area contributed by atoms with Crippen LogP contribution in [0.25, 0.3) is 0 Å². The molecule has 21 heavy (non-hydrogen) atoms. The highest BCUT2D eigenvalue weighted by Crippen LogP contribution is 2.38. The van der Waals surface area contributed by atoms with Gasteiger partial charge in [-0.25, -0.2) is 0 Å². The van der Waals surface area contributed by atoms with Crippen molar-refractivity contribution in [2.45, 2.75) is 12.3 Å². The number of ether oxygens (including phenoxy) is 1. The average Bonchev–Trinajstić information content (AvgIpc) is 2.96. The topological polar surface area (TPSA) is 73.3 Å². The van der Waals surface area contributed by atoms with Gasteiger partial charge < -0.3 is 9.94 Å². The van der Waals surface area contributed by atoms with Crippen molar-refractivity contribution in [1.29, 1.82) is 0 Å². The van der Waals surface area contributed by atoms with Crippen LogP contribution in [0.1, 0.15) is 5.01 Å². The first-order valence-corrected chi connectivity index (χ1v) is 7.00. The summed E-state index contributed by atoms with van der Waals surface area (Å²) in [6.45, 7) is 1.28. The Bertz CT molecular complexity index is 486. The fourth-order valence-electron chi connectivity index (χ4n) is 2.16. The minimum Gasteiger partial charge on any atom is -0.623 e. The number of likely N-dealkylation sites (N-methyl/N-ethyl adjacent to an activating group) is 1. The molecule has 2 unspecified atom stereocenters. The van der Waals surface area contributed by atoms with Crippen LogP contribution in [-0.4, -0.2) is 61.8 Å². The van der Waals surface area contributed by atoms with Gasteiger partial charge in [0.15, 0.2) is 6.17 Å². The molecule has 2 rings (SSSR count). The lowest BCUT2D eigenvalue weighted by molar-refractivity contribution is -0.138. The Hall–Kier alpha value is -0.850. The average molecular weight is 327 g/mol. The van der Waals surface area contributed by atoms with Crippen molar-refractivity contribution in [3.8, 4) is 0 Å². The molecule has 1 N–H and O–H groups in total. The highest BCUT2D eigenvalue weighted by molar-refractivity contribution is 7.15. The normalized spacial score (nSPS) is 27.4. The number of alkyl halides is 3. The Labute approximate surface area is 123 Å². The van der Waals surface area contributed by atoms with E-state index in [1.807, 2.05) is 0 Å². The van der Waals surface area contributed by atoms with Gasteiger partial charge in [0.2, 0.25) is 5.01 Å². The first-order valence-electron chi connectivity index (χ1n) is 6.18. The van der Waals surface area contributed by atoms with Crippen LogP contribution in [-0.2, 0) is 10.9 Å². The fourth-order valence-corrected chi connectivity index (χ4v) is 2.95. The van der Waals surface area contributed by atoms with Gasteiger partial charge in [0.1, 0.15) is 6.67 Å². The summed E-state index contributed by atoms with van der Waals surface area (Å²) in [6, 6.07) is 0. The Kier molecular flexibility index (Phi) is 4.80. The number of rotatable bonds is 5. The molecule has 0 spiro atoms. The maximum absolute atomic E-state index is 12.9. The Balaban J connectivity index is 2.19. The van der Waals surface area contributed by atoms with Crippen LogP contribution in [0, 0.1) is 5.21 Å². The molecule has 2 atom stereocenters. The first-order chi connectivity index (χ1) is 9.77. The van der Waals surface area contributed by atoms with Crippen LogP contribution < -0.4 is 9.96 Å². The van der Waals surface area contributed by atoms with Crippen molar-refractivity contribution in [3.63, 3.8) is 0 Å². The number of halogens is 3. The Morgan fingerprint density at radius 3 is 2.81 bits per heavy atom. The van der Waals surface area contributed by atoms with Crippen LogP contribution >= 0.6 is 11.3 Å². The predicted octanol–water partition coefficient (Wildman–Crippen LogP) is 0.827. The van der Waals surface area contributed by atoms with E-state index in [4.69, 9.17) is 4.74 Å². The molecule has 1 saturated heterocycles. The number of aromatic nitrogens is 2. The number of hydrogen-bond acceptors (Lipinski definition) is 7. The molecule has 0 amide bonds. The van der Waals surface area contributed by atoms with Crippen molar-refractivity contribution in [2.24, 2.45) is 0 Å². The summed E-state index contributed by atoms with van der Waals surface area (Å²) in [5.41, 5.74) is 0. The first kappa shape index (κ1) is 16.5. The molecule has 1 aliphatic heterocycles. The quantitative estimate of drug-likeness (QED) is 0.490. The van der Waals surface area contributed by atoms with Crippen molar-refractivity contribution in [3.05, 3.63) is 10.2 Å². The third-order valence-corrected chi connectivity index (χ3v) is 4.19. The van der Waals surface area contributed by atoms with Crippen molar-refractivity contribution < 1.29 is 17.9 Å². The summed E-state index contributed by atoms with van der Waals surface area (Å²) in [7, 11) is 3.26. The lowest BCUT2D eigenvalue weighted by Crippen LogP contribution is -2.56. The maximum atomic E-state index is 12.9. The van der Waals surface area contributed by atoms with E-state index in [-0.39, 0.29) is 11.8 Å². The molecule has 1 aromatic rings. The second-order valence-electron chi connectivity index (χ2n) is 4.83. The summed E-state index contributed by atoms with van der Waals surface area (Å²) < 4.78 is 41.7. The van der Waals surface area contributed by atoms with E-state index in [1.165, 1.54) is 7.11 Å². The molecule has 120 valence electrons. The third-order valence-electron chi connectivity index (χ3n) is 3.11. The standard InChI is InChI=1S/C10H16F3N5O2S/c1-17-5-7(14-3-4-20-2)18(19,6-17)9-16-15-8(21-9)10(11,12)13/h7,14H,3-6H2,1-2H3. The largest absolute Gasteiger partial charge is 0.623 e. The van der Waals surface area contributed by atoms with Gasteiger partial charge in [-0.3, -0.25) is 14.9 Å². The molecular weight excluding hydrogens is 311 g/mol. The van der Waals surface area contributed by atoms with E-state index >= 15 is 0 Å². The minimum absolute atomic E-state index is 0.0249. The molecule has 2 heterocycles. The van der Waals surface area contributed by atoms with Gasteiger partial charge in [0.05, 0.1) is 13.2 Å². The lowest BCUT2D eigenvalue weighted by Gasteiger charge is -2.39.